The number of furan rings is 1. The van der Waals surface area contributed by atoms with Gasteiger partial charge in [0.2, 0.25) is 4.96 Å². The Balaban J connectivity index is 1.71. The van der Waals surface area contributed by atoms with Crippen molar-refractivity contribution in [2.24, 2.45) is 0 Å². The van der Waals surface area contributed by atoms with Gasteiger partial charge in [-0.05, 0) is 48.6 Å². The number of benzene rings is 1. The molecule has 0 N–H and O–H groups in total. The lowest BCUT2D eigenvalue weighted by Crippen LogP contribution is -1.90. The molecule has 0 aliphatic rings. The first-order valence-electron chi connectivity index (χ1n) is 6.49. The Hall–Kier alpha value is -2.80. The van der Waals surface area contributed by atoms with E-state index < -0.39 is 0 Å². The highest BCUT2D eigenvalue weighted by Gasteiger charge is 2.12. The lowest BCUT2D eigenvalue weighted by atomic mass is 10.2. The molecule has 108 valence electrons. The number of rotatable bonds is 3. The highest BCUT2D eigenvalue weighted by Crippen LogP contribution is 2.22. The maximum atomic E-state index is 13.0. The molecule has 0 radical (unpaired) electrons. The second-order valence-corrected chi connectivity index (χ2v) is 5.50. The molecule has 22 heavy (non-hydrogen) atoms. The molecule has 0 amide bonds. The summed E-state index contributed by atoms with van der Waals surface area (Å²) in [7, 11) is 0. The number of halogens is 1. The Morgan fingerprint density at radius 2 is 1.95 bits per heavy atom. The molecular weight excluding hydrogens is 303 g/mol. The van der Waals surface area contributed by atoms with Gasteiger partial charge in [0.25, 0.3) is 0 Å². The van der Waals surface area contributed by atoms with Crippen LogP contribution in [0.2, 0.25) is 0 Å². The van der Waals surface area contributed by atoms with Crippen molar-refractivity contribution in [2.75, 3.05) is 0 Å². The summed E-state index contributed by atoms with van der Waals surface area (Å²) in [5.74, 6) is 1.05. The van der Waals surface area contributed by atoms with Crippen molar-refractivity contribution in [1.29, 1.82) is 0 Å². The fourth-order valence-corrected chi connectivity index (χ4v) is 2.76. The van der Waals surface area contributed by atoms with Gasteiger partial charge in [-0.15, -0.1) is 10.2 Å². The summed E-state index contributed by atoms with van der Waals surface area (Å²) in [6.07, 6.45) is 5.31. The van der Waals surface area contributed by atoms with Crippen LogP contribution < -0.4 is 0 Å². The summed E-state index contributed by atoms with van der Waals surface area (Å²) >= 11 is 1.41. The van der Waals surface area contributed by atoms with Crippen molar-refractivity contribution >= 4 is 28.4 Å². The smallest absolute Gasteiger partial charge is 0.235 e. The molecule has 0 bridgehead atoms. The molecule has 0 unspecified atom stereocenters. The number of hydrogen-bond acceptors (Lipinski definition) is 5. The molecule has 0 aliphatic heterocycles. The lowest BCUT2D eigenvalue weighted by molar-refractivity contribution is 0.557. The monoisotopic (exact) mass is 312 g/mol. The van der Waals surface area contributed by atoms with Gasteiger partial charge in [-0.1, -0.05) is 11.3 Å². The SMILES string of the molecule is Fc1ccc(-c2nnc3sc(/C=C\c4ccco4)nn23)cc1. The number of nitrogens with zero attached hydrogens (tertiary/aromatic N) is 4. The van der Waals surface area contributed by atoms with Gasteiger partial charge in [0, 0.05) is 5.56 Å². The zero-order valence-corrected chi connectivity index (χ0v) is 12.0. The molecule has 0 aliphatic carbocycles. The van der Waals surface area contributed by atoms with Crippen LogP contribution >= 0.6 is 11.3 Å². The summed E-state index contributed by atoms with van der Waals surface area (Å²) in [6.45, 7) is 0. The van der Waals surface area contributed by atoms with Gasteiger partial charge in [-0.25, -0.2) is 4.39 Å². The molecule has 0 fully saturated rings. The molecule has 5 nitrogen and oxygen atoms in total. The summed E-state index contributed by atoms with van der Waals surface area (Å²) in [5, 5.41) is 13.4. The van der Waals surface area contributed by atoms with Crippen LogP contribution in [0.15, 0.2) is 47.1 Å². The van der Waals surface area contributed by atoms with Crippen LogP contribution in [0.4, 0.5) is 4.39 Å². The van der Waals surface area contributed by atoms with Crippen LogP contribution in [-0.4, -0.2) is 19.8 Å². The van der Waals surface area contributed by atoms with Crippen molar-refractivity contribution < 1.29 is 8.81 Å². The fraction of sp³-hybridized carbons (Fsp3) is 0. The molecule has 0 spiro atoms. The van der Waals surface area contributed by atoms with E-state index in [4.69, 9.17) is 4.42 Å². The second-order valence-electron chi connectivity index (χ2n) is 4.51. The normalized spacial score (nSPS) is 11.7. The fourth-order valence-electron chi connectivity index (χ4n) is 2.02. The second kappa shape index (κ2) is 5.19. The molecule has 3 heterocycles. The van der Waals surface area contributed by atoms with E-state index in [2.05, 4.69) is 15.3 Å². The third-order valence-corrected chi connectivity index (χ3v) is 3.91. The molecule has 3 aromatic heterocycles. The van der Waals surface area contributed by atoms with Gasteiger partial charge in [-0.3, -0.25) is 0 Å². The zero-order valence-electron chi connectivity index (χ0n) is 11.2. The third-order valence-electron chi connectivity index (χ3n) is 3.04. The summed E-state index contributed by atoms with van der Waals surface area (Å²) in [4.78, 5) is 0.679. The average molecular weight is 312 g/mol. The standard InChI is InChI=1S/C15H9FN4OS/c16-11-5-3-10(4-6-11)14-17-18-15-20(14)19-13(22-15)8-7-12-2-1-9-21-12/h1-9H/b8-7-. The Kier molecular flexibility index (Phi) is 3.05. The highest BCUT2D eigenvalue weighted by atomic mass is 32.1. The number of hydrogen-bond donors (Lipinski definition) is 0. The van der Waals surface area contributed by atoms with Crippen LogP contribution in [0.1, 0.15) is 10.8 Å². The number of aromatic nitrogens is 4. The van der Waals surface area contributed by atoms with Gasteiger partial charge in [0.1, 0.15) is 16.6 Å². The predicted molar refractivity (Wildman–Crippen MR) is 81.7 cm³/mol. The van der Waals surface area contributed by atoms with Gasteiger partial charge in [-0.2, -0.15) is 9.61 Å². The Morgan fingerprint density at radius 3 is 2.73 bits per heavy atom. The Labute approximate surface area is 128 Å². The van der Waals surface area contributed by atoms with E-state index in [1.807, 2.05) is 24.3 Å². The van der Waals surface area contributed by atoms with E-state index >= 15 is 0 Å². The zero-order chi connectivity index (χ0) is 14.9. The largest absolute Gasteiger partial charge is 0.465 e. The van der Waals surface area contributed by atoms with Crippen LogP contribution in [0, 0.1) is 5.82 Å². The minimum absolute atomic E-state index is 0.287. The summed E-state index contributed by atoms with van der Waals surface area (Å²) < 4.78 is 19.9. The van der Waals surface area contributed by atoms with E-state index in [1.165, 1.54) is 23.5 Å². The first-order chi connectivity index (χ1) is 10.8. The summed E-state index contributed by atoms with van der Waals surface area (Å²) in [6, 6.07) is 9.78. The third kappa shape index (κ3) is 2.31. The van der Waals surface area contributed by atoms with Gasteiger partial charge in [0.05, 0.1) is 6.26 Å². The van der Waals surface area contributed by atoms with E-state index in [0.29, 0.717) is 10.8 Å². The van der Waals surface area contributed by atoms with E-state index in [0.717, 1.165) is 16.3 Å². The van der Waals surface area contributed by atoms with Crippen molar-refractivity contribution in [1.82, 2.24) is 19.8 Å². The van der Waals surface area contributed by atoms with Crippen LogP contribution in [0.5, 0.6) is 0 Å². The van der Waals surface area contributed by atoms with Crippen LogP contribution in [0.3, 0.4) is 0 Å². The predicted octanol–water partition coefficient (Wildman–Crippen LogP) is 3.76. The molecule has 1 aromatic carbocycles. The van der Waals surface area contributed by atoms with Crippen molar-refractivity contribution in [3.05, 3.63) is 59.2 Å². The van der Waals surface area contributed by atoms with Gasteiger partial charge in [0.15, 0.2) is 5.82 Å². The molecule has 0 saturated heterocycles. The topological polar surface area (TPSA) is 56.2 Å². The van der Waals surface area contributed by atoms with Crippen molar-refractivity contribution in [2.45, 2.75) is 0 Å². The summed E-state index contributed by atoms with van der Waals surface area (Å²) in [5.41, 5.74) is 0.765. The van der Waals surface area contributed by atoms with E-state index in [-0.39, 0.29) is 5.82 Å². The van der Waals surface area contributed by atoms with E-state index in [9.17, 15) is 4.39 Å². The Bertz CT molecular complexity index is 938. The Morgan fingerprint density at radius 1 is 1.09 bits per heavy atom. The van der Waals surface area contributed by atoms with Crippen LogP contribution in [0.25, 0.3) is 28.5 Å². The quantitative estimate of drug-likeness (QED) is 0.578. The van der Waals surface area contributed by atoms with Gasteiger partial charge >= 0.3 is 0 Å². The molecule has 0 saturated carbocycles. The molecule has 4 rings (SSSR count). The first kappa shape index (κ1) is 12.9. The molecule has 0 atom stereocenters. The average Bonchev–Trinajstić information content (AvgIpc) is 3.23. The molecular formula is C15H9FN4OS. The van der Waals surface area contributed by atoms with Gasteiger partial charge < -0.3 is 4.42 Å². The maximum absolute atomic E-state index is 13.0. The van der Waals surface area contributed by atoms with Crippen LogP contribution in [-0.2, 0) is 0 Å². The van der Waals surface area contributed by atoms with E-state index in [1.54, 1.807) is 22.9 Å². The highest BCUT2D eigenvalue weighted by molar-refractivity contribution is 7.17. The lowest BCUT2D eigenvalue weighted by Gasteiger charge is -1.95. The first-order valence-corrected chi connectivity index (χ1v) is 7.31. The van der Waals surface area contributed by atoms with Crippen molar-refractivity contribution in [3.63, 3.8) is 0 Å². The molecule has 7 heteroatoms. The molecule has 4 aromatic rings. The van der Waals surface area contributed by atoms with Crippen molar-refractivity contribution in [3.8, 4) is 11.4 Å². The number of fused-ring (bicyclic) bond motifs is 1. The maximum Gasteiger partial charge on any atom is 0.235 e. The minimum atomic E-state index is -0.287. The minimum Gasteiger partial charge on any atom is -0.465 e.